The van der Waals surface area contributed by atoms with Crippen LogP contribution >= 0.6 is 0 Å². The molecule has 3 nitrogen and oxygen atoms in total. The molecule has 0 saturated heterocycles. The number of amides is 1. The molecule has 0 aliphatic heterocycles. The molecular weight excluding hydrogens is 202 g/mol. The van der Waals surface area contributed by atoms with E-state index in [9.17, 15) is 4.79 Å². The van der Waals surface area contributed by atoms with E-state index in [2.05, 4.69) is 12.2 Å². The minimum absolute atomic E-state index is 0.0646. The summed E-state index contributed by atoms with van der Waals surface area (Å²) in [5, 5.41) is 12.0. The number of rotatable bonds is 4. The summed E-state index contributed by atoms with van der Waals surface area (Å²) < 4.78 is 0. The molecule has 1 fully saturated rings. The molecule has 0 bridgehead atoms. The summed E-state index contributed by atoms with van der Waals surface area (Å²) in [5.41, 5.74) is 0. The summed E-state index contributed by atoms with van der Waals surface area (Å²) in [6.45, 7) is 6.27. The van der Waals surface area contributed by atoms with Gasteiger partial charge in [-0.3, -0.25) is 4.79 Å². The normalized spacial score (nSPS) is 29.5. The average Bonchev–Trinajstić information content (AvgIpc) is 2.27. The molecule has 1 aliphatic rings. The van der Waals surface area contributed by atoms with Gasteiger partial charge in [0.25, 0.3) is 0 Å². The second-order valence-electron chi connectivity index (χ2n) is 5.43. The second-order valence-corrected chi connectivity index (χ2v) is 5.43. The molecule has 0 aromatic heterocycles. The molecule has 3 heteroatoms. The van der Waals surface area contributed by atoms with Gasteiger partial charge >= 0.3 is 0 Å². The van der Waals surface area contributed by atoms with E-state index in [0.29, 0.717) is 5.92 Å². The largest absolute Gasteiger partial charge is 0.396 e. The fourth-order valence-electron chi connectivity index (χ4n) is 2.31. The highest BCUT2D eigenvalue weighted by Crippen LogP contribution is 2.28. The van der Waals surface area contributed by atoms with Gasteiger partial charge in [-0.15, -0.1) is 0 Å². The van der Waals surface area contributed by atoms with Crippen LogP contribution in [0.1, 0.15) is 46.5 Å². The molecule has 1 rings (SSSR count). The van der Waals surface area contributed by atoms with Gasteiger partial charge in [-0.25, -0.2) is 0 Å². The van der Waals surface area contributed by atoms with Crippen molar-refractivity contribution in [2.45, 2.75) is 52.5 Å². The first-order chi connectivity index (χ1) is 7.54. The lowest BCUT2D eigenvalue weighted by atomic mass is 9.82. The summed E-state index contributed by atoms with van der Waals surface area (Å²) in [6.07, 6.45) is 4.47. The van der Waals surface area contributed by atoms with E-state index in [0.717, 1.165) is 12.8 Å². The molecule has 0 heterocycles. The summed E-state index contributed by atoms with van der Waals surface area (Å²) in [4.78, 5) is 12.0. The maximum absolute atomic E-state index is 12.0. The van der Waals surface area contributed by atoms with Gasteiger partial charge in [0, 0.05) is 18.6 Å². The standard InChI is InChI=1S/C13H25NO2/c1-9-5-4-6-12(7-9)13(16)14-11(3)10(2)8-15/h9-12,15H,4-8H2,1-3H3,(H,14,16). The highest BCUT2D eigenvalue weighted by Gasteiger charge is 2.26. The monoisotopic (exact) mass is 227 g/mol. The Balaban J connectivity index is 2.39. The molecule has 2 N–H and O–H groups in total. The van der Waals surface area contributed by atoms with Crippen LogP contribution in [0.2, 0.25) is 0 Å². The van der Waals surface area contributed by atoms with E-state index in [1.165, 1.54) is 12.8 Å². The van der Waals surface area contributed by atoms with Crippen molar-refractivity contribution in [1.29, 1.82) is 0 Å². The van der Waals surface area contributed by atoms with Gasteiger partial charge in [0.15, 0.2) is 0 Å². The van der Waals surface area contributed by atoms with Crippen LogP contribution < -0.4 is 5.32 Å². The SMILES string of the molecule is CC1CCCC(C(=O)NC(C)C(C)CO)C1. The van der Waals surface area contributed by atoms with Gasteiger partial charge < -0.3 is 10.4 Å². The fraction of sp³-hybridized carbons (Fsp3) is 0.923. The summed E-state index contributed by atoms with van der Waals surface area (Å²) in [5.74, 6) is 1.18. The number of hydrogen-bond donors (Lipinski definition) is 2. The molecule has 0 spiro atoms. The molecule has 0 aromatic carbocycles. The van der Waals surface area contributed by atoms with Crippen molar-refractivity contribution in [3.8, 4) is 0 Å². The van der Waals surface area contributed by atoms with E-state index in [1.807, 2.05) is 13.8 Å². The number of carbonyl (C=O) groups is 1. The summed E-state index contributed by atoms with van der Waals surface area (Å²) in [7, 11) is 0. The number of hydrogen-bond acceptors (Lipinski definition) is 2. The van der Waals surface area contributed by atoms with Crippen LogP contribution in [0.15, 0.2) is 0 Å². The van der Waals surface area contributed by atoms with Crippen molar-refractivity contribution in [3.63, 3.8) is 0 Å². The van der Waals surface area contributed by atoms with Crippen LogP contribution in [0.25, 0.3) is 0 Å². The Bertz CT molecular complexity index is 230. The number of aliphatic hydroxyl groups is 1. The molecule has 94 valence electrons. The Kier molecular flexibility index (Phi) is 5.26. The molecule has 4 atom stereocenters. The van der Waals surface area contributed by atoms with Crippen LogP contribution in [0.5, 0.6) is 0 Å². The first-order valence-corrected chi connectivity index (χ1v) is 6.45. The zero-order valence-corrected chi connectivity index (χ0v) is 10.7. The van der Waals surface area contributed by atoms with Crippen LogP contribution in [-0.4, -0.2) is 23.7 Å². The van der Waals surface area contributed by atoms with E-state index in [-0.39, 0.29) is 30.4 Å². The number of aliphatic hydroxyl groups excluding tert-OH is 1. The third-order valence-electron chi connectivity index (χ3n) is 3.82. The lowest BCUT2D eigenvalue weighted by Crippen LogP contribution is -2.42. The second kappa shape index (κ2) is 6.24. The van der Waals surface area contributed by atoms with Crippen molar-refractivity contribution in [2.75, 3.05) is 6.61 Å². The van der Waals surface area contributed by atoms with E-state index in [4.69, 9.17) is 5.11 Å². The minimum atomic E-state index is 0.0646. The molecule has 0 radical (unpaired) electrons. The third-order valence-corrected chi connectivity index (χ3v) is 3.82. The number of carbonyl (C=O) groups excluding carboxylic acids is 1. The van der Waals surface area contributed by atoms with Crippen molar-refractivity contribution >= 4 is 5.91 Å². The molecule has 1 amide bonds. The Morgan fingerprint density at radius 1 is 1.44 bits per heavy atom. The van der Waals surface area contributed by atoms with Crippen molar-refractivity contribution in [1.82, 2.24) is 5.32 Å². The Hall–Kier alpha value is -0.570. The molecule has 0 aromatic rings. The predicted molar refractivity (Wildman–Crippen MR) is 65.0 cm³/mol. The average molecular weight is 227 g/mol. The highest BCUT2D eigenvalue weighted by atomic mass is 16.3. The summed E-state index contributed by atoms with van der Waals surface area (Å²) >= 11 is 0. The zero-order valence-electron chi connectivity index (χ0n) is 10.7. The van der Waals surface area contributed by atoms with Gasteiger partial charge in [0.1, 0.15) is 0 Å². The zero-order chi connectivity index (χ0) is 12.1. The summed E-state index contributed by atoms with van der Waals surface area (Å²) in [6, 6.07) is 0.0646. The fourth-order valence-corrected chi connectivity index (χ4v) is 2.31. The third kappa shape index (κ3) is 3.78. The van der Waals surface area contributed by atoms with Gasteiger partial charge in [0.05, 0.1) is 0 Å². The Labute approximate surface area is 98.6 Å². The van der Waals surface area contributed by atoms with Gasteiger partial charge in [0.2, 0.25) is 5.91 Å². The molecule has 1 saturated carbocycles. The first-order valence-electron chi connectivity index (χ1n) is 6.45. The quantitative estimate of drug-likeness (QED) is 0.771. The number of nitrogens with one attached hydrogen (secondary N) is 1. The lowest BCUT2D eigenvalue weighted by Gasteiger charge is -2.28. The van der Waals surface area contributed by atoms with Gasteiger partial charge in [-0.1, -0.05) is 26.7 Å². The predicted octanol–water partition coefficient (Wildman–Crippen LogP) is 1.95. The van der Waals surface area contributed by atoms with Crippen LogP contribution in [-0.2, 0) is 4.79 Å². The van der Waals surface area contributed by atoms with E-state index >= 15 is 0 Å². The maximum Gasteiger partial charge on any atom is 0.223 e. The topological polar surface area (TPSA) is 49.3 Å². The van der Waals surface area contributed by atoms with E-state index < -0.39 is 0 Å². The van der Waals surface area contributed by atoms with Crippen LogP contribution in [0, 0.1) is 17.8 Å². The van der Waals surface area contributed by atoms with Gasteiger partial charge in [-0.2, -0.15) is 0 Å². The van der Waals surface area contributed by atoms with Gasteiger partial charge in [-0.05, 0) is 31.6 Å². The molecule has 4 unspecified atom stereocenters. The van der Waals surface area contributed by atoms with E-state index in [1.54, 1.807) is 0 Å². The highest BCUT2D eigenvalue weighted by molar-refractivity contribution is 5.79. The van der Waals surface area contributed by atoms with Crippen molar-refractivity contribution in [2.24, 2.45) is 17.8 Å². The Morgan fingerprint density at radius 2 is 2.12 bits per heavy atom. The van der Waals surface area contributed by atoms with Crippen LogP contribution in [0.4, 0.5) is 0 Å². The molecule has 1 aliphatic carbocycles. The smallest absolute Gasteiger partial charge is 0.223 e. The molecule has 16 heavy (non-hydrogen) atoms. The van der Waals surface area contributed by atoms with Crippen LogP contribution in [0.3, 0.4) is 0 Å². The Morgan fingerprint density at radius 3 is 2.69 bits per heavy atom. The first kappa shape index (κ1) is 13.5. The minimum Gasteiger partial charge on any atom is -0.396 e. The van der Waals surface area contributed by atoms with Crippen molar-refractivity contribution < 1.29 is 9.90 Å². The maximum atomic E-state index is 12.0. The van der Waals surface area contributed by atoms with Crippen molar-refractivity contribution in [3.05, 3.63) is 0 Å². The lowest BCUT2D eigenvalue weighted by molar-refractivity contribution is -0.127. The molecular formula is C13H25NO2.